The Kier molecular flexibility index (Phi) is 18.8. The van der Waals surface area contributed by atoms with Crippen molar-refractivity contribution in [2.24, 2.45) is 29.4 Å². The van der Waals surface area contributed by atoms with Crippen LogP contribution in [0.5, 0.6) is 0 Å². The van der Waals surface area contributed by atoms with Crippen molar-refractivity contribution in [3.05, 3.63) is 22.2 Å². The molecule has 1 aromatic heterocycles. The maximum atomic E-state index is 12.5. The van der Waals surface area contributed by atoms with Crippen LogP contribution in [0.15, 0.2) is 11.5 Å². The third-order valence-electron chi connectivity index (χ3n) is 6.40. The molecule has 0 saturated carbocycles. The van der Waals surface area contributed by atoms with Crippen LogP contribution in [0.4, 0.5) is 0 Å². The Bertz CT molecular complexity index is 826. The number of nitrogens with zero attached hydrogens (tertiary/aromatic N) is 1. The molecule has 5 atom stereocenters. The first-order valence-electron chi connectivity index (χ1n) is 13.4. The number of amides is 1. The number of allylic oxidation sites excluding steroid dienone is 1. The van der Waals surface area contributed by atoms with Gasteiger partial charge in [-0.2, -0.15) is 0 Å². The summed E-state index contributed by atoms with van der Waals surface area (Å²) in [5, 5.41) is 23.8. The zero-order valence-corrected chi connectivity index (χ0v) is 24.4. The van der Waals surface area contributed by atoms with E-state index < -0.39 is 18.0 Å². The van der Waals surface area contributed by atoms with Crippen molar-refractivity contribution in [2.75, 3.05) is 13.1 Å². The van der Waals surface area contributed by atoms with E-state index in [0.29, 0.717) is 18.4 Å². The highest BCUT2D eigenvalue weighted by molar-refractivity contribution is 7.09. The number of carbonyl (C=O) groups is 3. The average molecular weight is 540 g/mol. The fraction of sp³-hybridized carbons (Fsp3) is 0.714. The Morgan fingerprint density at radius 1 is 1.16 bits per heavy atom. The van der Waals surface area contributed by atoms with Crippen LogP contribution in [0, 0.1) is 30.6 Å². The summed E-state index contributed by atoms with van der Waals surface area (Å²) in [4.78, 5) is 37.8. The lowest BCUT2D eigenvalue weighted by molar-refractivity contribution is -0.135. The number of hydrogen-bond acceptors (Lipinski definition) is 7. The number of carbonyl (C=O) groups excluding carboxylic acids is 2. The molecule has 0 radical (unpaired) electrons. The fourth-order valence-electron chi connectivity index (χ4n) is 4.18. The van der Waals surface area contributed by atoms with Crippen LogP contribution in [0.3, 0.4) is 0 Å². The van der Waals surface area contributed by atoms with Crippen molar-refractivity contribution in [1.82, 2.24) is 10.3 Å². The summed E-state index contributed by atoms with van der Waals surface area (Å²) in [6.45, 7) is 12.6. The quantitative estimate of drug-likeness (QED) is 0.421. The second kappa shape index (κ2) is 19.9. The van der Waals surface area contributed by atoms with Crippen LogP contribution >= 0.6 is 11.3 Å². The van der Waals surface area contributed by atoms with Gasteiger partial charge in [0, 0.05) is 23.8 Å². The van der Waals surface area contributed by atoms with Crippen LogP contribution < -0.4 is 11.1 Å². The zero-order valence-electron chi connectivity index (χ0n) is 23.5. The number of aromatic nitrogens is 1. The summed E-state index contributed by atoms with van der Waals surface area (Å²) in [6, 6.07) is 0. The molecule has 9 heteroatoms. The van der Waals surface area contributed by atoms with Crippen LogP contribution in [0.25, 0.3) is 6.08 Å². The highest BCUT2D eigenvalue weighted by Gasteiger charge is 2.28. The molecular weight excluding hydrogens is 490 g/mol. The van der Waals surface area contributed by atoms with Crippen LogP contribution in [-0.4, -0.2) is 52.1 Å². The SMILES string of the molecule is C/C=C\c1csc(C)n1.CC1CCCNC(=O)CC(O)C(C)C(=O)C(C)CC(C)CCC1.NCC(=O)O. The van der Waals surface area contributed by atoms with E-state index in [2.05, 4.69) is 35.3 Å². The number of carboxylic acids is 1. The predicted molar refractivity (Wildman–Crippen MR) is 151 cm³/mol. The normalized spacial score (nSPS) is 26.3. The molecule has 5 N–H and O–H groups in total. The lowest BCUT2D eigenvalue weighted by Crippen LogP contribution is -2.35. The summed E-state index contributed by atoms with van der Waals surface area (Å²) in [6.07, 6.45) is 9.69. The third kappa shape index (κ3) is 17.1. The molecule has 0 bridgehead atoms. The van der Waals surface area contributed by atoms with E-state index in [0.717, 1.165) is 36.4 Å². The van der Waals surface area contributed by atoms with Crippen molar-refractivity contribution >= 4 is 35.1 Å². The van der Waals surface area contributed by atoms with E-state index >= 15 is 0 Å². The number of rotatable bonds is 2. The van der Waals surface area contributed by atoms with Gasteiger partial charge >= 0.3 is 5.97 Å². The monoisotopic (exact) mass is 539 g/mol. The summed E-state index contributed by atoms with van der Waals surface area (Å²) >= 11 is 1.68. The van der Waals surface area contributed by atoms with Crippen molar-refractivity contribution in [1.29, 1.82) is 0 Å². The largest absolute Gasteiger partial charge is 0.480 e. The fourth-order valence-corrected chi connectivity index (χ4v) is 4.76. The van der Waals surface area contributed by atoms with E-state index in [1.807, 2.05) is 32.9 Å². The molecule has 1 saturated heterocycles. The van der Waals surface area contributed by atoms with Gasteiger partial charge in [0.2, 0.25) is 5.91 Å². The minimum atomic E-state index is -0.968. The number of aryl methyl sites for hydroxylation is 1. The van der Waals surface area contributed by atoms with Crippen molar-refractivity contribution < 1.29 is 24.6 Å². The number of carboxylic acid groups (broad SMARTS) is 1. The second-order valence-electron chi connectivity index (χ2n) is 10.1. The van der Waals surface area contributed by atoms with E-state index in [-0.39, 0.29) is 30.6 Å². The summed E-state index contributed by atoms with van der Waals surface area (Å²) in [7, 11) is 0. The first kappa shape index (κ1) is 34.9. The number of nitrogens with two attached hydrogens (primary N) is 1. The molecule has 0 spiro atoms. The Labute approximate surface area is 227 Å². The van der Waals surface area contributed by atoms with Gasteiger partial charge in [-0.1, -0.05) is 53.0 Å². The maximum absolute atomic E-state index is 12.5. The molecule has 0 aromatic carbocycles. The molecule has 5 unspecified atom stereocenters. The summed E-state index contributed by atoms with van der Waals surface area (Å²) in [5.74, 6) is -0.363. The van der Waals surface area contributed by atoms with Crippen LogP contribution in [0.1, 0.15) is 90.3 Å². The lowest BCUT2D eigenvalue weighted by Gasteiger charge is -2.23. The van der Waals surface area contributed by atoms with Gasteiger partial charge in [-0.05, 0) is 51.0 Å². The molecule has 8 nitrogen and oxygen atoms in total. The molecule has 1 aliphatic rings. The number of hydrogen-bond donors (Lipinski definition) is 4. The highest BCUT2D eigenvalue weighted by Crippen LogP contribution is 2.24. The number of aliphatic hydroxyl groups is 1. The minimum Gasteiger partial charge on any atom is -0.480 e. The minimum absolute atomic E-state index is 0.0186. The van der Waals surface area contributed by atoms with Gasteiger partial charge in [0.15, 0.2) is 0 Å². The lowest BCUT2D eigenvalue weighted by atomic mass is 9.83. The number of ketones is 1. The third-order valence-corrected chi connectivity index (χ3v) is 7.19. The Morgan fingerprint density at radius 3 is 2.30 bits per heavy atom. The van der Waals surface area contributed by atoms with Gasteiger partial charge in [0.05, 0.1) is 29.8 Å². The zero-order chi connectivity index (χ0) is 28.4. The predicted octanol–water partition coefficient (Wildman–Crippen LogP) is 4.84. The smallest absolute Gasteiger partial charge is 0.317 e. The Hall–Kier alpha value is -2.10. The van der Waals surface area contributed by atoms with Crippen molar-refractivity contribution in [3.8, 4) is 0 Å². The maximum Gasteiger partial charge on any atom is 0.317 e. The number of thiazole rings is 1. The molecule has 1 aromatic rings. The van der Waals surface area contributed by atoms with Crippen LogP contribution in [0.2, 0.25) is 0 Å². The van der Waals surface area contributed by atoms with Gasteiger partial charge in [-0.25, -0.2) is 4.98 Å². The van der Waals surface area contributed by atoms with E-state index in [4.69, 9.17) is 5.11 Å². The molecule has 212 valence electrons. The van der Waals surface area contributed by atoms with Gasteiger partial charge in [-0.15, -0.1) is 11.3 Å². The van der Waals surface area contributed by atoms with Gasteiger partial charge in [-0.3, -0.25) is 14.4 Å². The number of aliphatic hydroxyl groups excluding tert-OH is 1. The molecular formula is C28H49N3O5S. The second-order valence-corrected chi connectivity index (χ2v) is 11.2. The highest BCUT2D eigenvalue weighted by atomic mass is 32.1. The average Bonchev–Trinajstić information content (AvgIpc) is 3.25. The summed E-state index contributed by atoms with van der Waals surface area (Å²) in [5.41, 5.74) is 5.64. The molecule has 1 amide bonds. The molecule has 1 aliphatic heterocycles. The first-order chi connectivity index (χ1) is 17.4. The molecule has 37 heavy (non-hydrogen) atoms. The number of aliphatic carboxylic acids is 1. The van der Waals surface area contributed by atoms with E-state index in [1.54, 1.807) is 18.3 Å². The van der Waals surface area contributed by atoms with Crippen molar-refractivity contribution in [3.63, 3.8) is 0 Å². The first-order valence-corrected chi connectivity index (χ1v) is 14.2. The summed E-state index contributed by atoms with van der Waals surface area (Å²) < 4.78 is 0. The van der Waals surface area contributed by atoms with Gasteiger partial charge in [0.1, 0.15) is 5.78 Å². The standard InChI is InChI=1S/C19H35NO3.C7H9NS.C2H5NO2/c1-13-7-5-8-14(2)11-15(3)19(23)16(4)17(21)12-18(22)20-10-6-9-13;1-3-4-7-5-9-6(2)8-7;3-1-2(4)5/h13-17,21H,5-12H2,1-4H3,(H,20,22);3-5H,1-2H3;1,3H2,(H,4,5)/b;4-3-;. The molecule has 1 fully saturated rings. The van der Waals surface area contributed by atoms with Crippen molar-refractivity contribution in [2.45, 2.75) is 92.6 Å². The van der Waals surface area contributed by atoms with E-state index in [1.165, 1.54) is 12.8 Å². The molecule has 2 heterocycles. The topological polar surface area (TPSA) is 143 Å². The number of Topliss-reactive ketones (excluding diaryl/α,β-unsaturated/α-hetero) is 1. The van der Waals surface area contributed by atoms with Gasteiger partial charge in [0.25, 0.3) is 0 Å². The van der Waals surface area contributed by atoms with E-state index in [9.17, 15) is 19.5 Å². The Morgan fingerprint density at radius 2 is 1.76 bits per heavy atom. The van der Waals surface area contributed by atoms with Crippen LogP contribution in [-0.2, 0) is 14.4 Å². The Balaban J connectivity index is 0.000000752. The van der Waals surface area contributed by atoms with Gasteiger partial charge < -0.3 is 21.3 Å². The number of nitrogens with one attached hydrogen (secondary N) is 1. The molecule has 0 aliphatic carbocycles. The molecule has 2 rings (SSSR count).